The third kappa shape index (κ3) is 7.92. The van der Waals surface area contributed by atoms with Gasteiger partial charge in [-0.25, -0.2) is 8.42 Å². The molecule has 0 aromatic heterocycles. The van der Waals surface area contributed by atoms with E-state index in [-0.39, 0.29) is 23.3 Å². The summed E-state index contributed by atoms with van der Waals surface area (Å²) in [6, 6.07) is 21.9. The molecule has 2 amide bonds. The van der Waals surface area contributed by atoms with Crippen LogP contribution in [0.2, 0.25) is 0 Å². The van der Waals surface area contributed by atoms with Gasteiger partial charge in [-0.05, 0) is 66.8 Å². The van der Waals surface area contributed by atoms with Crippen LogP contribution < -0.4 is 9.62 Å². The highest BCUT2D eigenvalue weighted by Crippen LogP contribution is 2.26. The average molecular weight is 615 g/mol. The van der Waals surface area contributed by atoms with Gasteiger partial charge in [-0.3, -0.25) is 13.9 Å². The van der Waals surface area contributed by atoms with E-state index >= 15 is 0 Å². The van der Waals surface area contributed by atoms with E-state index in [4.69, 9.17) is 0 Å². The summed E-state index contributed by atoms with van der Waals surface area (Å²) in [6.45, 7) is 7.89. The maximum Gasteiger partial charge on any atom is 0.264 e. The predicted octanol–water partition coefficient (Wildman–Crippen LogP) is 5.71. The van der Waals surface area contributed by atoms with Crippen LogP contribution in [-0.4, -0.2) is 44.3 Å². The van der Waals surface area contributed by atoms with Gasteiger partial charge < -0.3 is 10.2 Å². The first-order chi connectivity index (χ1) is 18.5. The van der Waals surface area contributed by atoms with Crippen LogP contribution in [-0.2, 0) is 26.2 Å². The second-order valence-electron chi connectivity index (χ2n) is 9.69. The van der Waals surface area contributed by atoms with Crippen molar-refractivity contribution in [2.24, 2.45) is 0 Å². The minimum atomic E-state index is -4.08. The van der Waals surface area contributed by atoms with Crippen LogP contribution in [0.3, 0.4) is 0 Å². The monoisotopic (exact) mass is 613 g/mol. The Labute approximate surface area is 240 Å². The first-order valence-electron chi connectivity index (χ1n) is 13.0. The molecule has 0 fully saturated rings. The van der Waals surface area contributed by atoms with Crippen LogP contribution in [0.15, 0.2) is 88.2 Å². The van der Waals surface area contributed by atoms with Crippen molar-refractivity contribution in [3.05, 3.63) is 94.5 Å². The van der Waals surface area contributed by atoms with E-state index in [1.165, 1.54) is 17.0 Å². The van der Waals surface area contributed by atoms with Crippen molar-refractivity contribution in [3.8, 4) is 0 Å². The summed E-state index contributed by atoms with van der Waals surface area (Å²) in [4.78, 5) is 28.4. The molecule has 3 aromatic rings. The Hall–Kier alpha value is -3.17. The summed E-state index contributed by atoms with van der Waals surface area (Å²) < 4.78 is 29.6. The molecule has 3 aromatic carbocycles. The SMILES string of the molecule is CCCNC(=O)C(C)N(Cc1cccc(Br)c1)C(=O)CN(c1ccc(C(C)C)cc1)S(=O)(=O)c1ccccc1. The number of amides is 2. The fourth-order valence-electron chi connectivity index (χ4n) is 4.08. The van der Waals surface area contributed by atoms with Crippen molar-refractivity contribution in [1.82, 2.24) is 10.2 Å². The molecule has 39 heavy (non-hydrogen) atoms. The first kappa shape index (κ1) is 30.4. The molecule has 0 aliphatic carbocycles. The highest BCUT2D eigenvalue weighted by molar-refractivity contribution is 9.10. The lowest BCUT2D eigenvalue weighted by Crippen LogP contribution is -2.51. The number of carbonyl (C=O) groups excluding carboxylic acids is 2. The van der Waals surface area contributed by atoms with E-state index < -0.39 is 28.5 Å². The molecule has 0 saturated heterocycles. The van der Waals surface area contributed by atoms with E-state index in [0.717, 1.165) is 26.3 Å². The zero-order valence-corrected chi connectivity index (χ0v) is 25.2. The van der Waals surface area contributed by atoms with E-state index in [0.29, 0.717) is 12.2 Å². The van der Waals surface area contributed by atoms with Crippen molar-refractivity contribution in [3.63, 3.8) is 0 Å². The molecule has 3 rings (SSSR count). The van der Waals surface area contributed by atoms with Crippen molar-refractivity contribution < 1.29 is 18.0 Å². The fourth-order valence-corrected chi connectivity index (χ4v) is 5.97. The molecule has 0 heterocycles. The average Bonchev–Trinajstić information content (AvgIpc) is 2.93. The standard InChI is InChI=1S/C30H36BrN3O4S/c1-5-18-32-30(36)23(4)33(20-24-10-9-11-26(31)19-24)29(35)21-34(27-16-14-25(15-17-27)22(2)3)39(37,38)28-12-7-6-8-13-28/h6-17,19,22-23H,5,18,20-21H2,1-4H3,(H,32,36). The number of rotatable bonds is 12. The molecule has 1 atom stereocenters. The zero-order valence-electron chi connectivity index (χ0n) is 22.8. The molecule has 1 unspecified atom stereocenters. The minimum absolute atomic E-state index is 0.0815. The van der Waals surface area contributed by atoms with Crippen molar-refractivity contribution in [1.29, 1.82) is 0 Å². The van der Waals surface area contributed by atoms with Gasteiger partial charge in [-0.15, -0.1) is 0 Å². The quantitative estimate of drug-likeness (QED) is 0.283. The molecule has 1 N–H and O–H groups in total. The van der Waals surface area contributed by atoms with Crippen molar-refractivity contribution in [2.75, 3.05) is 17.4 Å². The highest BCUT2D eigenvalue weighted by Gasteiger charge is 2.32. The molecule has 0 bridgehead atoms. The number of benzene rings is 3. The van der Waals surface area contributed by atoms with E-state index in [9.17, 15) is 18.0 Å². The number of nitrogens with zero attached hydrogens (tertiary/aromatic N) is 2. The van der Waals surface area contributed by atoms with E-state index in [2.05, 4.69) is 35.1 Å². The lowest BCUT2D eigenvalue weighted by Gasteiger charge is -2.32. The van der Waals surface area contributed by atoms with Gasteiger partial charge in [0.05, 0.1) is 10.6 Å². The molecule has 0 radical (unpaired) electrons. The summed E-state index contributed by atoms with van der Waals surface area (Å²) in [5.41, 5.74) is 2.24. The molecule has 0 aliphatic rings. The molecule has 9 heteroatoms. The van der Waals surface area contributed by atoms with Crippen LogP contribution in [0.1, 0.15) is 51.2 Å². The largest absolute Gasteiger partial charge is 0.354 e. The zero-order chi connectivity index (χ0) is 28.6. The fraction of sp³-hybridized carbons (Fsp3) is 0.333. The van der Waals surface area contributed by atoms with Gasteiger partial charge in [0.1, 0.15) is 12.6 Å². The lowest BCUT2D eigenvalue weighted by atomic mass is 10.0. The molecular weight excluding hydrogens is 578 g/mol. The van der Waals surface area contributed by atoms with Crippen LogP contribution in [0.5, 0.6) is 0 Å². The maximum atomic E-state index is 13.9. The second kappa shape index (κ2) is 13.8. The van der Waals surface area contributed by atoms with Gasteiger partial charge in [0.15, 0.2) is 0 Å². The van der Waals surface area contributed by atoms with Gasteiger partial charge in [0.2, 0.25) is 11.8 Å². The number of hydrogen-bond acceptors (Lipinski definition) is 4. The van der Waals surface area contributed by atoms with Crippen molar-refractivity contribution in [2.45, 2.75) is 57.5 Å². The number of anilines is 1. The summed E-state index contributed by atoms with van der Waals surface area (Å²) in [6.07, 6.45) is 0.757. The van der Waals surface area contributed by atoms with E-state index in [1.54, 1.807) is 37.3 Å². The number of carbonyl (C=O) groups is 2. The summed E-state index contributed by atoms with van der Waals surface area (Å²) >= 11 is 3.46. The molecule has 208 valence electrons. The van der Waals surface area contributed by atoms with Gasteiger partial charge in [-0.1, -0.05) is 79.2 Å². The van der Waals surface area contributed by atoms with Gasteiger partial charge in [0.25, 0.3) is 10.0 Å². The Kier molecular flexibility index (Phi) is 10.7. The number of sulfonamides is 1. The molecule has 0 aliphatic heterocycles. The van der Waals surface area contributed by atoms with Crippen LogP contribution >= 0.6 is 15.9 Å². The van der Waals surface area contributed by atoms with Crippen LogP contribution in [0.25, 0.3) is 0 Å². The smallest absolute Gasteiger partial charge is 0.264 e. The van der Waals surface area contributed by atoms with Gasteiger partial charge in [0, 0.05) is 17.6 Å². The van der Waals surface area contributed by atoms with E-state index in [1.807, 2.05) is 43.3 Å². The first-order valence-corrected chi connectivity index (χ1v) is 15.3. The Bertz CT molecular complexity index is 1360. The molecule has 0 saturated carbocycles. The topological polar surface area (TPSA) is 86.8 Å². The highest BCUT2D eigenvalue weighted by atomic mass is 79.9. The summed E-state index contributed by atoms with van der Waals surface area (Å²) in [5, 5.41) is 2.85. The Morgan fingerprint density at radius 3 is 2.18 bits per heavy atom. The van der Waals surface area contributed by atoms with Crippen molar-refractivity contribution >= 4 is 43.5 Å². The third-order valence-electron chi connectivity index (χ3n) is 6.42. The number of halogens is 1. The minimum Gasteiger partial charge on any atom is -0.354 e. The Balaban J connectivity index is 2.02. The summed E-state index contributed by atoms with van der Waals surface area (Å²) in [5.74, 6) is -0.511. The second-order valence-corrected chi connectivity index (χ2v) is 12.5. The Morgan fingerprint density at radius 2 is 1.59 bits per heavy atom. The molecular formula is C30H36BrN3O4S. The summed E-state index contributed by atoms with van der Waals surface area (Å²) in [7, 11) is -4.08. The lowest BCUT2D eigenvalue weighted by molar-refractivity contribution is -0.139. The molecule has 7 nitrogen and oxygen atoms in total. The maximum absolute atomic E-state index is 13.9. The normalized spacial score (nSPS) is 12.2. The predicted molar refractivity (Wildman–Crippen MR) is 159 cm³/mol. The van der Waals surface area contributed by atoms with Gasteiger partial charge in [-0.2, -0.15) is 0 Å². The number of hydrogen-bond donors (Lipinski definition) is 1. The Morgan fingerprint density at radius 1 is 0.923 bits per heavy atom. The van der Waals surface area contributed by atoms with Crippen LogP contribution in [0, 0.1) is 0 Å². The number of nitrogens with one attached hydrogen (secondary N) is 1. The van der Waals surface area contributed by atoms with Crippen LogP contribution in [0.4, 0.5) is 5.69 Å². The van der Waals surface area contributed by atoms with Gasteiger partial charge >= 0.3 is 0 Å². The molecule has 0 spiro atoms. The third-order valence-corrected chi connectivity index (χ3v) is 8.70.